The molecule has 0 heterocycles. The highest BCUT2D eigenvalue weighted by Gasteiger charge is 2.30. The van der Waals surface area contributed by atoms with Gasteiger partial charge in [0.1, 0.15) is 0 Å². The van der Waals surface area contributed by atoms with Crippen LogP contribution in [0.25, 0.3) is 0 Å². The molecule has 0 spiro atoms. The number of ketones is 1. The molecule has 1 atom stereocenters. The Hall–Kier alpha value is -2.51. The lowest BCUT2D eigenvalue weighted by atomic mass is 10.0. The van der Waals surface area contributed by atoms with Crippen molar-refractivity contribution in [3.05, 3.63) is 59.2 Å². The van der Waals surface area contributed by atoms with Crippen molar-refractivity contribution in [1.82, 2.24) is 4.31 Å². The van der Waals surface area contributed by atoms with Crippen LogP contribution in [0.3, 0.4) is 0 Å². The van der Waals surface area contributed by atoms with E-state index < -0.39 is 16.1 Å². The van der Waals surface area contributed by atoms with Crippen molar-refractivity contribution in [2.45, 2.75) is 38.6 Å². The second-order valence-electron chi connectivity index (χ2n) is 6.57. The summed E-state index contributed by atoms with van der Waals surface area (Å²) in [5.41, 5.74) is 3.03. The van der Waals surface area contributed by atoms with Crippen LogP contribution in [-0.2, 0) is 14.8 Å². The van der Waals surface area contributed by atoms with Crippen molar-refractivity contribution < 1.29 is 18.0 Å². The minimum absolute atomic E-state index is 0.0545. The summed E-state index contributed by atoms with van der Waals surface area (Å²) in [5, 5.41) is 2.58. The average molecular weight is 388 g/mol. The van der Waals surface area contributed by atoms with Gasteiger partial charge in [-0.25, -0.2) is 8.42 Å². The maximum absolute atomic E-state index is 12.9. The van der Waals surface area contributed by atoms with Gasteiger partial charge in [-0.1, -0.05) is 12.1 Å². The summed E-state index contributed by atoms with van der Waals surface area (Å²) in [7, 11) is -2.47. The molecule has 144 valence electrons. The number of anilines is 1. The number of Topliss-reactive ketones (excluding diaryl/α,β-unsaturated/α-hetero) is 1. The molecule has 0 fully saturated rings. The normalized spacial score (nSPS) is 12.7. The van der Waals surface area contributed by atoms with Crippen molar-refractivity contribution >= 4 is 27.4 Å². The molecule has 0 aliphatic rings. The predicted molar refractivity (Wildman–Crippen MR) is 105 cm³/mol. The summed E-state index contributed by atoms with van der Waals surface area (Å²) in [4.78, 5) is 23.9. The van der Waals surface area contributed by atoms with Crippen LogP contribution in [0, 0.1) is 13.8 Å². The molecule has 2 aromatic carbocycles. The first-order chi connectivity index (χ1) is 12.5. The molecule has 0 aliphatic carbocycles. The maximum atomic E-state index is 12.9. The van der Waals surface area contributed by atoms with Crippen molar-refractivity contribution in [2.75, 3.05) is 12.4 Å². The van der Waals surface area contributed by atoms with E-state index in [1.807, 2.05) is 19.9 Å². The summed E-state index contributed by atoms with van der Waals surface area (Å²) in [6, 6.07) is 10.3. The SMILES string of the molecule is CC(=O)Nc1ccc(S(=O)(=O)N(C)C(C)C(=O)c2ccc(C)c(C)c2)cc1. The molecule has 1 N–H and O–H groups in total. The summed E-state index contributed by atoms with van der Waals surface area (Å²) < 4.78 is 26.8. The van der Waals surface area contributed by atoms with Crippen LogP contribution in [0.2, 0.25) is 0 Å². The third-order valence-electron chi connectivity index (χ3n) is 4.57. The molecule has 6 nitrogen and oxygen atoms in total. The molecule has 0 aromatic heterocycles. The molecule has 2 rings (SSSR count). The quantitative estimate of drug-likeness (QED) is 0.771. The van der Waals surface area contributed by atoms with Gasteiger partial charge in [0, 0.05) is 25.2 Å². The molecule has 0 bridgehead atoms. The van der Waals surface area contributed by atoms with Crippen LogP contribution in [0.15, 0.2) is 47.4 Å². The number of nitrogens with zero attached hydrogens (tertiary/aromatic N) is 1. The van der Waals surface area contributed by atoms with Gasteiger partial charge in [0.25, 0.3) is 0 Å². The smallest absolute Gasteiger partial charge is 0.243 e. The van der Waals surface area contributed by atoms with Crippen molar-refractivity contribution in [1.29, 1.82) is 0 Å². The molecule has 0 saturated heterocycles. The lowest BCUT2D eigenvalue weighted by Gasteiger charge is -2.23. The second kappa shape index (κ2) is 8.02. The van der Waals surface area contributed by atoms with Crippen LogP contribution >= 0.6 is 0 Å². The summed E-state index contributed by atoms with van der Waals surface area (Å²) in [6.45, 7) is 6.81. The Morgan fingerprint density at radius 1 is 1.00 bits per heavy atom. The van der Waals surface area contributed by atoms with Crippen molar-refractivity contribution in [3.8, 4) is 0 Å². The zero-order valence-electron chi connectivity index (χ0n) is 16.1. The lowest BCUT2D eigenvalue weighted by molar-refractivity contribution is -0.114. The summed E-state index contributed by atoms with van der Waals surface area (Å²) in [5.74, 6) is -0.505. The highest BCUT2D eigenvalue weighted by Crippen LogP contribution is 2.21. The second-order valence-corrected chi connectivity index (χ2v) is 8.56. The fraction of sp³-hybridized carbons (Fsp3) is 0.300. The molecular weight excluding hydrogens is 364 g/mol. The first-order valence-electron chi connectivity index (χ1n) is 8.51. The Balaban J connectivity index is 2.25. The van der Waals surface area contributed by atoms with E-state index in [1.165, 1.54) is 38.2 Å². The first-order valence-corrected chi connectivity index (χ1v) is 9.95. The number of aryl methyl sites for hydroxylation is 2. The van der Waals surface area contributed by atoms with E-state index in [9.17, 15) is 18.0 Å². The van der Waals surface area contributed by atoms with Gasteiger partial charge in [0.05, 0.1) is 10.9 Å². The van der Waals surface area contributed by atoms with E-state index >= 15 is 0 Å². The molecule has 0 saturated carbocycles. The topological polar surface area (TPSA) is 83.6 Å². The fourth-order valence-electron chi connectivity index (χ4n) is 2.59. The van der Waals surface area contributed by atoms with Gasteiger partial charge in [-0.2, -0.15) is 4.31 Å². The summed E-state index contributed by atoms with van der Waals surface area (Å²) in [6.07, 6.45) is 0. The number of hydrogen-bond donors (Lipinski definition) is 1. The van der Waals surface area contributed by atoms with E-state index in [2.05, 4.69) is 5.32 Å². The number of benzene rings is 2. The number of rotatable bonds is 6. The number of hydrogen-bond acceptors (Lipinski definition) is 4. The van der Waals surface area contributed by atoms with E-state index in [0.29, 0.717) is 11.3 Å². The minimum atomic E-state index is -3.85. The number of carbonyl (C=O) groups is 2. The standard InChI is InChI=1S/C20H24N2O4S/c1-13-6-7-17(12-14(13)2)20(24)15(3)22(5)27(25,26)19-10-8-18(9-11-19)21-16(4)23/h6-12,15H,1-5H3,(H,21,23). The van der Waals surface area contributed by atoms with Crippen molar-refractivity contribution in [2.24, 2.45) is 0 Å². The molecule has 7 heteroatoms. The number of nitrogens with one attached hydrogen (secondary N) is 1. The van der Waals surface area contributed by atoms with Crippen LogP contribution in [0.1, 0.15) is 35.3 Å². The van der Waals surface area contributed by atoms with Gasteiger partial charge >= 0.3 is 0 Å². The highest BCUT2D eigenvalue weighted by atomic mass is 32.2. The third-order valence-corrected chi connectivity index (χ3v) is 6.51. The maximum Gasteiger partial charge on any atom is 0.243 e. The lowest BCUT2D eigenvalue weighted by Crippen LogP contribution is -2.40. The highest BCUT2D eigenvalue weighted by molar-refractivity contribution is 7.89. The largest absolute Gasteiger partial charge is 0.326 e. The monoisotopic (exact) mass is 388 g/mol. The predicted octanol–water partition coefficient (Wildman–Crippen LogP) is 3.15. The Morgan fingerprint density at radius 3 is 2.11 bits per heavy atom. The van der Waals surface area contributed by atoms with Gasteiger partial charge in [-0.05, 0) is 62.2 Å². The molecule has 1 amide bonds. The Bertz CT molecular complexity index is 966. The van der Waals surface area contributed by atoms with Gasteiger partial charge in [-0.15, -0.1) is 0 Å². The first kappa shape index (κ1) is 20.8. The Kier molecular flexibility index (Phi) is 6.18. The average Bonchev–Trinajstić information content (AvgIpc) is 2.62. The molecule has 27 heavy (non-hydrogen) atoms. The summed E-state index contributed by atoms with van der Waals surface area (Å²) >= 11 is 0. The number of likely N-dealkylation sites (N-methyl/N-ethyl adjacent to an activating group) is 1. The number of carbonyl (C=O) groups excluding carboxylic acids is 2. The Labute approximate surface area is 160 Å². The van der Waals surface area contributed by atoms with Crippen LogP contribution in [0.5, 0.6) is 0 Å². The molecule has 2 aromatic rings. The van der Waals surface area contributed by atoms with Crippen LogP contribution < -0.4 is 5.32 Å². The number of sulfonamides is 1. The van der Waals surface area contributed by atoms with Gasteiger partial charge in [0.2, 0.25) is 15.9 Å². The van der Waals surface area contributed by atoms with Crippen LogP contribution in [-0.4, -0.2) is 37.5 Å². The molecule has 1 unspecified atom stereocenters. The molecular formula is C20H24N2O4S. The van der Waals surface area contributed by atoms with Gasteiger partial charge in [0.15, 0.2) is 5.78 Å². The van der Waals surface area contributed by atoms with E-state index in [4.69, 9.17) is 0 Å². The fourth-order valence-corrected chi connectivity index (χ4v) is 3.91. The zero-order valence-corrected chi connectivity index (χ0v) is 16.9. The molecule has 0 radical (unpaired) electrons. The minimum Gasteiger partial charge on any atom is -0.326 e. The Morgan fingerprint density at radius 2 is 1.59 bits per heavy atom. The van der Waals surface area contributed by atoms with E-state index in [1.54, 1.807) is 19.1 Å². The third kappa shape index (κ3) is 4.61. The zero-order chi connectivity index (χ0) is 20.4. The number of amides is 1. The molecule has 0 aliphatic heterocycles. The van der Waals surface area contributed by atoms with Crippen molar-refractivity contribution in [3.63, 3.8) is 0 Å². The van der Waals surface area contributed by atoms with E-state index in [-0.39, 0.29) is 16.6 Å². The van der Waals surface area contributed by atoms with E-state index in [0.717, 1.165) is 15.4 Å². The van der Waals surface area contributed by atoms with Gasteiger partial charge in [-0.3, -0.25) is 9.59 Å². The van der Waals surface area contributed by atoms with Crippen LogP contribution in [0.4, 0.5) is 5.69 Å². The van der Waals surface area contributed by atoms with Gasteiger partial charge < -0.3 is 5.32 Å².